The Labute approximate surface area is 101 Å². The molecule has 1 aromatic carbocycles. The van der Waals surface area contributed by atoms with Crippen LogP contribution in [0.4, 0.5) is 0 Å². The van der Waals surface area contributed by atoms with Crippen molar-refractivity contribution in [3.05, 3.63) is 34.6 Å². The second-order valence-electron chi connectivity index (χ2n) is 3.45. The average molecular weight is 249 g/mol. The van der Waals surface area contributed by atoms with Crippen molar-refractivity contribution in [2.45, 2.75) is 11.6 Å². The van der Waals surface area contributed by atoms with Crippen LogP contribution in [0.15, 0.2) is 34.2 Å². The minimum atomic E-state index is -0.361. The number of nitrogens with zero attached hydrogens (tertiary/aromatic N) is 1. The van der Waals surface area contributed by atoms with E-state index in [-0.39, 0.29) is 17.9 Å². The molecule has 17 heavy (non-hydrogen) atoms. The fourth-order valence-electron chi connectivity index (χ4n) is 1.38. The van der Waals surface area contributed by atoms with Crippen molar-refractivity contribution in [1.82, 2.24) is 9.97 Å². The summed E-state index contributed by atoms with van der Waals surface area (Å²) in [5.41, 5.74) is 5.51. The van der Waals surface area contributed by atoms with Crippen molar-refractivity contribution in [3.8, 4) is 0 Å². The lowest BCUT2D eigenvalue weighted by molar-refractivity contribution is -0.117. The first kappa shape index (κ1) is 11.7. The van der Waals surface area contributed by atoms with E-state index >= 15 is 0 Å². The van der Waals surface area contributed by atoms with Crippen LogP contribution in [0.5, 0.6) is 0 Å². The Morgan fingerprint density at radius 2 is 2.18 bits per heavy atom. The van der Waals surface area contributed by atoms with Crippen LogP contribution < -0.4 is 11.3 Å². The number of hydrogen-bond donors (Lipinski definition) is 2. The molecule has 2 rings (SSSR count). The number of benzene rings is 1. The van der Waals surface area contributed by atoms with E-state index in [1.54, 1.807) is 18.2 Å². The summed E-state index contributed by atoms with van der Waals surface area (Å²) in [6.45, 7) is 0. The molecule has 0 bridgehead atoms. The van der Waals surface area contributed by atoms with E-state index < -0.39 is 0 Å². The molecule has 0 aliphatic rings. The van der Waals surface area contributed by atoms with Gasteiger partial charge in [-0.2, -0.15) is 0 Å². The van der Waals surface area contributed by atoms with Crippen LogP contribution >= 0.6 is 11.8 Å². The number of nitrogens with two attached hydrogens (primary N) is 1. The molecule has 1 amide bonds. The van der Waals surface area contributed by atoms with Crippen molar-refractivity contribution < 1.29 is 4.79 Å². The van der Waals surface area contributed by atoms with Crippen molar-refractivity contribution in [2.75, 3.05) is 5.75 Å². The van der Waals surface area contributed by atoms with Gasteiger partial charge in [-0.15, -0.1) is 0 Å². The predicted molar refractivity (Wildman–Crippen MR) is 66.9 cm³/mol. The van der Waals surface area contributed by atoms with Gasteiger partial charge >= 0.3 is 0 Å². The number of aromatic nitrogens is 2. The molecule has 0 atom stereocenters. The zero-order chi connectivity index (χ0) is 12.3. The minimum Gasteiger partial charge on any atom is -0.370 e. The lowest BCUT2D eigenvalue weighted by Crippen LogP contribution is -2.12. The first-order chi connectivity index (χ1) is 8.16. The molecule has 0 saturated carbocycles. The van der Waals surface area contributed by atoms with Crippen molar-refractivity contribution in [2.24, 2.45) is 5.73 Å². The molecule has 0 radical (unpaired) electrons. The third-order valence-electron chi connectivity index (χ3n) is 2.18. The summed E-state index contributed by atoms with van der Waals surface area (Å²) in [4.78, 5) is 29.2. The van der Waals surface area contributed by atoms with Crippen molar-refractivity contribution >= 4 is 28.6 Å². The third kappa shape index (κ3) is 2.85. The van der Waals surface area contributed by atoms with Crippen molar-refractivity contribution in [3.63, 3.8) is 0 Å². The van der Waals surface area contributed by atoms with Crippen LogP contribution in [-0.2, 0) is 4.79 Å². The Bertz CT molecular complexity index is 609. The molecule has 88 valence electrons. The highest BCUT2D eigenvalue weighted by molar-refractivity contribution is 7.99. The Morgan fingerprint density at radius 1 is 1.41 bits per heavy atom. The average Bonchev–Trinajstić information content (AvgIpc) is 2.28. The second kappa shape index (κ2) is 5.01. The Kier molecular flexibility index (Phi) is 3.43. The predicted octanol–water partition coefficient (Wildman–Crippen LogP) is 0.891. The van der Waals surface area contributed by atoms with E-state index in [1.165, 1.54) is 11.8 Å². The van der Waals surface area contributed by atoms with Gasteiger partial charge in [-0.3, -0.25) is 9.59 Å². The summed E-state index contributed by atoms with van der Waals surface area (Å²) in [5.74, 6) is 0.150. The van der Waals surface area contributed by atoms with Gasteiger partial charge in [0.25, 0.3) is 5.56 Å². The van der Waals surface area contributed by atoms with Crippen LogP contribution in [0, 0.1) is 0 Å². The molecule has 2 aromatic rings. The zero-order valence-corrected chi connectivity index (χ0v) is 9.79. The summed E-state index contributed by atoms with van der Waals surface area (Å²) in [6, 6.07) is 7.12. The number of rotatable bonds is 4. The van der Waals surface area contributed by atoms with E-state index in [2.05, 4.69) is 9.97 Å². The quantitative estimate of drug-likeness (QED) is 0.622. The number of fused-ring (bicyclic) bond motifs is 1. The van der Waals surface area contributed by atoms with Crippen LogP contribution in [0.3, 0.4) is 0 Å². The third-order valence-corrected chi connectivity index (χ3v) is 3.05. The first-order valence-electron chi connectivity index (χ1n) is 5.07. The highest BCUT2D eigenvalue weighted by Gasteiger charge is 2.04. The molecule has 5 nitrogen and oxygen atoms in total. The SMILES string of the molecule is NC(=O)CCSc1nc2ccccc2c(=O)[nH]1. The molecule has 1 aromatic heterocycles. The van der Waals surface area contributed by atoms with Crippen LogP contribution in [0.1, 0.15) is 6.42 Å². The molecule has 0 aliphatic heterocycles. The van der Waals surface area contributed by atoms with Gasteiger partial charge in [0.1, 0.15) is 0 Å². The number of hydrogen-bond acceptors (Lipinski definition) is 4. The smallest absolute Gasteiger partial charge is 0.259 e. The maximum atomic E-state index is 11.7. The Balaban J connectivity index is 2.25. The van der Waals surface area contributed by atoms with E-state index in [1.807, 2.05) is 6.07 Å². The van der Waals surface area contributed by atoms with Crippen LogP contribution in [0.25, 0.3) is 10.9 Å². The molecule has 0 fully saturated rings. The lowest BCUT2D eigenvalue weighted by atomic mass is 10.2. The Morgan fingerprint density at radius 3 is 2.94 bits per heavy atom. The molecule has 1 heterocycles. The summed E-state index contributed by atoms with van der Waals surface area (Å²) in [5, 5.41) is 1.07. The highest BCUT2D eigenvalue weighted by Crippen LogP contribution is 2.15. The minimum absolute atomic E-state index is 0.169. The number of thioether (sulfide) groups is 1. The fraction of sp³-hybridized carbons (Fsp3) is 0.182. The Hall–Kier alpha value is -1.82. The number of carbonyl (C=O) groups is 1. The standard InChI is InChI=1S/C11H11N3O2S/c12-9(15)5-6-17-11-13-8-4-2-1-3-7(8)10(16)14-11/h1-4H,5-6H2,(H2,12,15)(H,13,14,16). The van der Waals surface area contributed by atoms with Gasteiger partial charge in [-0.05, 0) is 12.1 Å². The number of H-pyrrole nitrogens is 1. The van der Waals surface area contributed by atoms with Gasteiger partial charge in [-0.25, -0.2) is 4.98 Å². The van der Waals surface area contributed by atoms with Crippen LogP contribution in [-0.4, -0.2) is 21.6 Å². The van der Waals surface area contributed by atoms with E-state index in [9.17, 15) is 9.59 Å². The number of carbonyl (C=O) groups excluding carboxylic acids is 1. The van der Waals surface area contributed by atoms with E-state index in [4.69, 9.17) is 5.73 Å². The maximum absolute atomic E-state index is 11.7. The number of nitrogens with one attached hydrogen (secondary N) is 1. The largest absolute Gasteiger partial charge is 0.370 e. The molecular weight excluding hydrogens is 238 g/mol. The van der Waals surface area contributed by atoms with Crippen LogP contribution in [0.2, 0.25) is 0 Å². The van der Waals surface area contributed by atoms with Gasteiger partial charge in [0.2, 0.25) is 5.91 Å². The molecule has 0 saturated heterocycles. The van der Waals surface area contributed by atoms with Crippen molar-refractivity contribution in [1.29, 1.82) is 0 Å². The lowest BCUT2D eigenvalue weighted by Gasteiger charge is -2.01. The highest BCUT2D eigenvalue weighted by atomic mass is 32.2. The fourth-order valence-corrected chi connectivity index (χ4v) is 2.21. The first-order valence-corrected chi connectivity index (χ1v) is 6.05. The number of amides is 1. The van der Waals surface area contributed by atoms with Gasteiger partial charge in [-0.1, -0.05) is 23.9 Å². The summed E-state index contributed by atoms with van der Waals surface area (Å²) < 4.78 is 0. The second-order valence-corrected chi connectivity index (χ2v) is 4.54. The van der Waals surface area contributed by atoms with Gasteiger partial charge in [0.05, 0.1) is 10.9 Å². The van der Waals surface area contributed by atoms with E-state index in [0.717, 1.165) is 0 Å². The molecule has 0 aliphatic carbocycles. The number of aromatic amines is 1. The number of primary amides is 1. The monoisotopic (exact) mass is 249 g/mol. The molecule has 3 N–H and O–H groups in total. The van der Waals surface area contributed by atoms with Gasteiger partial charge in [0.15, 0.2) is 5.16 Å². The normalized spacial score (nSPS) is 10.6. The van der Waals surface area contributed by atoms with Gasteiger partial charge < -0.3 is 10.7 Å². The molecular formula is C11H11N3O2S. The topological polar surface area (TPSA) is 88.8 Å². The molecule has 0 spiro atoms. The van der Waals surface area contributed by atoms with Gasteiger partial charge in [0, 0.05) is 12.2 Å². The van der Waals surface area contributed by atoms with E-state index in [0.29, 0.717) is 21.8 Å². The summed E-state index contributed by atoms with van der Waals surface area (Å²) in [6.07, 6.45) is 0.265. The summed E-state index contributed by atoms with van der Waals surface area (Å²) in [7, 11) is 0. The maximum Gasteiger partial charge on any atom is 0.259 e. The zero-order valence-electron chi connectivity index (χ0n) is 8.97. The number of para-hydroxylation sites is 1. The summed E-state index contributed by atoms with van der Waals surface area (Å²) >= 11 is 1.31. The molecule has 0 unspecified atom stereocenters. The molecule has 6 heteroatoms.